The van der Waals surface area contributed by atoms with E-state index in [0.717, 1.165) is 12.1 Å². The first-order valence-corrected chi connectivity index (χ1v) is 8.23. The second-order valence-electron chi connectivity index (χ2n) is 5.85. The summed E-state index contributed by atoms with van der Waals surface area (Å²) in [6.45, 7) is 0.945. The van der Waals surface area contributed by atoms with Gasteiger partial charge in [-0.05, 0) is 31.0 Å². The van der Waals surface area contributed by atoms with Crippen LogP contribution in [0.1, 0.15) is 43.2 Å². The zero-order valence-electron chi connectivity index (χ0n) is 12.3. The Kier molecular flexibility index (Phi) is 6.11. The van der Waals surface area contributed by atoms with Crippen molar-refractivity contribution < 1.29 is 4.79 Å². The predicted octanol–water partition coefficient (Wildman–Crippen LogP) is 3.49. The normalized spacial score (nSPS) is 16.6. The van der Waals surface area contributed by atoms with Gasteiger partial charge in [-0.15, -0.1) is 0 Å². The number of hydrogen-bond acceptors (Lipinski definition) is 3. The Morgan fingerprint density at radius 2 is 1.85 bits per heavy atom. The molecule has 1 aromatic rings. The van der Waals surface area contributed by atoms with Crippen LogP contribution in [0.25, 0.3) is 0 Å². The predicted molar refractivity (Wildman–Crippen MR) is 87.3 cm³/mol. The van der Waals surface area contributed by atoms with Crippen molar-refractivity contribution >= 4 is 18.4 Å². The monoisotopic (exact) mass is 291 g/mol. The van der Waals surface area contributed by atoms with E-state index in [2.05, 4.69) is 42.8 Å². The maximum atomic E-state index is 11.6. The quantitative estimate of drug-likeness (QED) is 0.810. The third kappa shape index (κ3) is 4.35. The Balaban J connectivity index is 2.02. The van der Waals surface area contributed by atoms with Crippen LogP contribution >= 0.6 is 12.6 Å². The molecule has 110 valence electrons. The minimum Gasteiger partial charge on any atom is -0.299 e. The molecule has 1 saturated carbocycles. The molecule has 0 radical (unpaired) electrons. The van der Waals surface area contributed by atoms with Crippen molar-refractivity contribution in [2.45, 2.75) is 51.1 Å². The second kappa shape index (κ2) is 7.84. The molecular weight excluding hydrogens is 266 g/mol. The van der Waals surface area contributed by atoms with Gasteiger partial charge < -0.3 is 0 Å². The Bertz CT molecular complexity index is 440. The van der Waals surface area contributed by atoms with Crippen molar-refractivity contribution in [2.24, 2.45) is 0 Å². The molecular formula is C17H25NOS. The first kappa shape index (κ1) is 15.6. The summed E-state index contributed by atoms with van der Waals surface area (Å²) in [6, 6.07) is 9.02. The van der Waals surface area contributed by atoms with Crippen LogP contribution in [-0.2, 0) is 17.8 Å². The molecule has 0 aromatic heterocycles. The van der Waals surface area contributed by atoms with Gasteiger partial charge in [0.2, 0.25) is 0 Å². The average molecular weight is 291 g/mol. The fourth-order valence-corrected chi connectivity index (χ4v) is 3.18. The summed E-state index contributed by atoms with van der Waals surface area (Å²) >= 11 is 4.07. The van der Waals surface area contributed by atoms with E-state index in [0.29, 0.717) is 18.2 Å². The smallest absolute Gasteiger partial charge is 0.146 e. The number of thiol groups is 1. The third-order valence-corrected chi connectivity index (χ3v) is 4.65. The molecule has 2 nitrogen and oxygen atoms in total. The van der Waals surface area contributed by atoms with E-state index in [9.17, 15) is 4.79 Å². The molecule has 2 rings (SSSR count). The lowest BCUT2D eigenvalue weighted by Crippen LogP contribution is -2.33. The topological polar surface area (TPSA) is 20.3 Å². The minimum atomic E-state index is 0.195. The molecule has 0 heterocycles. The van der Waals surface area contributed by atoms with Crippen molar-refractivity contribution in [3.8, 4) is 0 Å². The average Bonchev–Trinajstić information content (AvgIpc) is 2.50. The number of carbonyl (C=O) groups excluding carboxylic acids is 1. The fourth-order valence-electron chi connectivity index (χ4n) is 3.07. The Hall–Kier alpha value is -0.800. The van der Waals surface area contributed by atoms with Gasteiger partial charge in [-0.3, -0.25) is 9.69 Å². The van der Waals surface area contributed by atoms with Crippen LogP contribution in [0.4, 0.5) is 0 Å². The SMILES string of the molecule is CN(Cc1ccccc1CC(=O)CS)C1CCCCC1. The number of hydrogen-bond donors (Lipinski definition) is 1. The van der Waals surface area contributed by atoms with Gasteiger partial charge in [-0.25, -0.2) is 0 Å². The van der Waals surface area contributed by atoms with Gasteiger partial charge in [-0.2, -0.15) is 12.6 Å². The standard InChI is InChI=1S/C17H25NOS/c1-18(16-9-3-2-4-10-16)12-15-8-6-5-7-14(15)11-17(19)13-20/h5-8,16,20H,2-4,9-13H2,1H3. The summed E-state index contributed by atoms with van der Waals surface area (Å²) in [5, 5.41) is 0. The molecule has 1 aliphatic rings. The molecule has 3 heteroatoms. The number of Topliss-reactive ketones (excluding diaryl/α,β-unsaturated/α-hetero) is 1. The van der Waals surface area contributed by atoms with Gasteiger partial charge in [-0.1, -0.05) is 43.5 Å². The Morgan fingerprint density at radius 1 is 1.20 bits per heavy atom. The van der Waals surface area contributed by atoms with Gasteiger partial charge in [0.15, 0.2) is 0 Å². The van der Waals surface area contributed by atoms with Crippen LogP contribution < -0.4 is 0 Å². The molecule has 0 N–H and O–H groups in total. The van der Waals surface area contributed by atoms with Crippen LogP contribution in [0, 0.1) is 0 Å². The van der Waals surface area contributed by atoms with Gasteiger partial charge in [0.25, 0.3) is 0 Å². The van der Waals surface area contributed by atoms with Gasteiger partial charge in [0.05, 0.1) is 0 Å². The van der Waals surface area contributed by atoms with Gasteiger partial charge >= 0.3 is 0 Å². The molecule has 0 aliphatic heterocycles. The summed E-state index contributed by atoms with van der Waals surface area (Å²) in [5.41, 5.74) is 2.45. The first-order valence-electron chi connectivity index (χ1n) is 7.60. The van der Waals surface area contributed by atoms with Crippen molar-refractivity contribution in [2.75, 3.05) is 12.8 Å². The molecule has 0 bridgehead atoms. The lowest BCUT2D eigenvalue weighted by atomic mass is 9.93. The van der Waals surface area contributed by atoms with Crippen molar-refractivity contribution in [3.63, 3.8) is 0 Å². The van der Waals surface area contributed by atoms with E-state index >= 15 is 0 Å². The summed E-state index contributed by atoms with van der Waals surface area (Å²) < 4.78 is 0. The van der Waals surface area contributed by atoms with Gasteiger partial charge in [0, 0.05) is 24.8 Å². The van der Waals surface area contributed by atoms with E-state index in [-0.39, 0.29) is 5.78 Å². The maximum Gasteiger partial charge on any atom is 0.146 e. The first-order chi connectivity index (χ1) is 9.70. The van der Waals surface area contributed by atoms with Crippen LogP contribution in [0.3, 0.4) is 0 Å². The molecule has 1 aliphatic carbocycles. The largest absolute Gasteiger partial charge is 0.299 e. The molecule has 1 aromatic carbocycles. The third-order valence-electron chi connectivity index (χ3n) is 4.30. The molecule has 0 spiro atoms. The molecule has 0 saturated heterocycles. The summed E-state index contributed by atoms with van der Waals surface area (Å²) in [5.74, 6) is 0.522. The van der Waals surface area contributed by atoms with E-state index in [1.165, 1.54) is 37.7 Å². The molecule has 0 atom stereocenters. The van der Waals surface area contributed by atoms with E-state index < -0.39 is 0 Å². The summed E-state index contributed by atoms with van der Waals surface area (Å²) in [7, 11) is 2.22. The van der Waals surface area contributed by atoms with Crippen molar-refractivity contribution in [1.29, 1.82) is 0 Å². The summed E-state index contributed by atoms with van der Waals surface area (Å²) in [6.07, 6.45) is 7.24. The highest BCUT2D eigenvalue weighted by atomic mass is 32.1. The fraction of sp³-hybridized carbons (Fsp3) is 0.588. The number of nitrogens with zero attached hydrogens (tertiary/aromatic N) is 1. The van der Waals surface area contributed by atoms with Crippen molar-refractivity contribution in [3.05, 3.63) is 35.4 Å². The van der Waals surface area contributed by atoms with E-state index in [4.69, 9.17) is 0 Å². The highest BCUT2D eigenvalue weighted by Gasteiger charge is 2.18. The molecule has 1 fully saturated rings. The van der Waals surface area contributed by atoms with Crippen LogP contribution in [0.15, 0.2) is 24.3 Å². The van der Waals surface area contributed by atoms with Crippen LogP contribution in [-0.4, -0.2) is 29.5 Å². The molecule has 20 heavy (non-hydrogen) atoms. The van der Waals surface area contributed by atoms with Gasteiger partial charge in [0.1, 0.15) is 5.78 Å². The minimum absolute atomic E-state index is 0.195. The van der Waals surface area contributed by atoms with Crippen molar-refractivity contribution in [1.82, 2.24) is 4.90 Å². The number of ketones is 1. The zero-order valence-corrected chi connectivity index (χ0v) is 13.2. The lowest BCUT2D eigenvalue weighted by Gasteiger charge is -2.31. The van der Waals surface area contributed by atoms with Crippen LogP contribution in [0.5, 0.6) is 0 Å². The lowest BCUT2D eigenvalue weighted by molar-refractivity contribution is -0.115. The second-order valence-corrected chi connectivity index (χ2v) is 6.17. The maximum absolute atomic E-state index is 11.6. The summed E-state index contributed by atoms with van der Waals surface area (Å²) in [4.78, 5) is 14.1. The zero-order chi connectivity index (χ0) is 14.4. The van der Waals surface area contributed by atoms with Crippen LogP contribution in [0.2, 0.25) is 0 Å². The number of carbonyl (C=O) groups is 1. The highest BCUT2D eigenvalue weighted by Crippen LogP contribution is 2.23. The highest BCUT2D eigenvalue weighted by molar-refractivity contribution is 7.81. The number of rotatable bonds is 6. The molecule has 0 unspecified atom stereocenters. The number of benzene rings is 1. The van der Waals surface area contributed by atoms with E-state index in [1.54, 1.807) is 0 Å². The Labute approximate surface area is 128 Å². The van der Waals surface area contributed by atoms with E-state index in [1.807, 2.05) is 6.07 Å². The molecule has 0 amide bonds. The Morgan fingerprint density at radius 3 is 2.50 bits per heavy atom.